The monoisotopic (exact) mass is 530 g/mol. The van der Waals surface area contributed by atoms with Gasteiger partial charge in [-0.2, -0.15) is 0 Å². The van der Waals surface area contributed by atoms with E-state index in [0.717, 1.165) is 4.48 Å². The Morgan fingerprint density at radius 2 is 0.444 bits per heavy atom. The van der Waals surface area contributed by atoms with E-state index >= 15 is 0 Å². The maximum Gasteiger partial charge on any atom is 0.0780 e. The minimum absolute atomic E-state index is 0. The average molecular weight is 530 g/mol. The number of unbranched alkanes of at least 4 members (excludes halogenated alkanes) is 28. The van der Waals surface area contributed by atoms with E-state index in [4.69, 9.17) is 0 Å². The molecule has 0 N–H and O–H groups in total. The number of halogens is 1. The highest BCUT2D eigenvalue weighted by molar-refractivity contribution is 4.52. The molecule has 1 nitrogen and oxygen atoms in total. The van der Waals surface area contributed by atoms with Gasteiger partial charge in [0, 0.05) is 0 Å². The third-order valence-electron chi connectivity index (χ3n) is 7.93. The Hall–Kier alpha value is 0.250. The first-order valence-corrected chi connectivity index (χ1v) is 16.9. The highest BCUT2D eigenvalue weighted by Crippen LogP contribution is 2.16. The minimum Gasteiger partial charge on any atom is -1.00 e. The lowest BCUT2D eigenvalue weighted by Crippen LogP contribution is -3.00. The van der Waals surface area contributed by atoms with Crippen LogP contribution < -0.4 is 12.4 Å². The standard InChI is InChI=1S/C34H72N.ClH/c1-5-6-7-8-9-10-11-12-13-14-15-16-17-18-19-20-21-22-23-24-25-26-27-28-29-30-31-32-33-34-35(2,3)4;/h5-34H2,1-4H3;1H/q+1;/p-1. The first-order chi connectivity index (χ1) is 17.1. The largest absolute Gasteiger partial charge is 1.00 e. The summed E-state index contributed by atoms with van der Waals surface area (Å²) in [4.78, 5) is 0. The molecular formula is C34H72ClN. The van der Waals surface area contributed by atoms with Crippen LogP contribution in [0.1, 0.15) is 193 Å². The van der Waals surface area contributed by atoms with Crippen molar-refractivity contribution in [1.82, 2.24) is 0 Å². The number of nitrogens with zero attached hydrogens (tertiary/aromatic N) is 1. The van der Waals surface area contributed by atoms with Crippen molar-refractivity contribution in [1.29, 1.82) is 0 Å². The smallest absolute Gasteiger partial charge is 0.0780 e. The second-order valence-corrected chi connectivity index (χ2v) is 12.9. The summed E-state index contributed by atoms with van der Waals surface area (Å²) >= 11 is 0. The second-order valence-electron chi connectivity index (χ2n) is 12.9. The average Bonchev–Trinajstić information content (AvgIpc) is 2.82. The number of hydrogen-bond donors (Lipinski definition) is 0. The van der Waals surface area contributed by atoms with Crippen LogP contribution in [0.4, 0.5) is 0 Å². The second kappa shape index (κ2) is 31.5. The fourth-order valence-electron chi connectivity index (χ4n) is 5.43. The number of quaternary nitrogens is 1. The molecule has 0 rings (SSSR count). The lowest BCUT2D eigenvalue weighted by Gasteiger charge is -2.23. The molecule has 0 heterocycles. The molecule has 0 saturated carbocycles. The third kappa shape index (κ3) is 36.4. The van der Waals surface area contributed by atoms with E-state index in [2.05, 4.69) is 28.1 Å². The molecule has 0 unspecified atom stereocenters. The summed E-state index contributed by atoms with van der Waals surface area (Å²) in [5.41, 5.74) is 0. The van der Waals surface area contributed by atoms with Crippen molar-refractivity contribution >= 4 is 0 Å². The molecule has 2 heteroatoms. The van der Waals surface area contributed by atoms with Crippen LogP contribution >= 0.6 is 0 Å². The van der Waals surface area contributed by atoms with E-state index < -0.39 is 0 Å². The number of hydrogen-bond acceptors (Lipinski definition) is 0. The summed E-state index contributed by atoms with van der Waals surface area (Å²) in [5, 5.41) is 0. The highest BCUT2D eigenvalue weighted by atomic mass is 35.5. The summed E-state index contributed by atoms with van der Waals surface area (Å²) in [6.07, 6.45) is 42.8. The Kier molecular flexibility index (Phi) is 33.6. The Morgan fingerprint density at radius 3 is 0.611 bits per heavy atom. The maximum absolute atomic E-state index is 2.31. The van der Waals surface area contributed by atoms with E-state index in [1.807, 2.05) is 0 Å². The van der Waals surface area contributed by atoms with Gasteiger partial charge in [-0.05, 0) is 12.8 Å². The number of rotatable bonds is 30. The van der Waals surface area contributed by atoms with Gasteiger partial charge in [0.15, 0.2) is 0 Å². The van der Waals surface area contributed by atoms with Crippen LogP contribution in [-0.2, 0) is 0 Å². The molecular weight excluding hydrogens is 458 g/mol. The van der Waals surface area contributed by atoms with Gasteiger partial charge in [-0.15, -0.1) is 0 Å². The quantitative estimate of drug-likeness (QED) is 0.0642. The van der Waals surface area contributed by atoms with Crippen LogP contribution in [0.5, 0.6) is 0 Å². The summed E-state index contributed by atoms with van der Waals surface area (Å²) in [6.45, 7) is 3.64. The van der Waals surface area contributed by atoms with Crippen LogP contribution in [0.25, 0.3) is 0 Å². The first-order valence-electron chi connectivity index (χ1n) is 16.9. The van der Waals surface area contributed by atoms with Gasteiger partial charge >= 0.3 is 0 Å². The molecule has 0 radical (unpaired) electrons. The van der Waals surface area contributed by atoms with E-state index in [0.29, 0.717) is 0 Å². The first kappa shape index (κ1) is 38.4. The normalized spacial score (nSPS) is 11.7. The molecule has 0 aliphatic heterocycles. The van der Waals surface area contributed by atoms with Gasteiger partial charge in [0.1, 0.15) is 0 Å². The van der Waals surface area contributed by atoms with Gasteiger partial charge < -0.3 is 16.9 Å². The molecule has 0 aromatic heterocycles. The van der Waals surface area contributed by atoms with E-state index in [-0.39, 0.29) is 12.4 Å². The Labute approximate surface area is 237 Å². The predicted molar refractivity (Wildman–Crippen MR) is 162 cm³/mol. The lowest BCUT2D eigenvalue weighted by molar-refractivity contribution is -0.870. The molecule has 0 aromatic rings. The minimum atomic E-state index is 0. The SMILES string of the molecule is CCCCCCCCCCCCCCCCCCCCCCCCCCCCCCC[N+](C)(C)C.[Cl-]. The van der Waals surface area contributed by atoms with Crippen LogP contribution in [0.15, 0.2) is 0 Å². The highest BCUT2D eigenvalue weighted by Gasteiger charge is 2.05. The molecule has 0 bridgehead atoms. The molecule has 0 aliphatic carbocycles. The Bertz CT molecular complexity index is 376. The van der Waals surface area contributed by atoms with Crippen molar-refractivity contribution in [3.05, 3.63) is 0 Å². The van der Waals surface area contributed by atoms with Gasteiger partial charge in [0.05, 0.1) is 27.7 Å². The zero-order valence-corrected chi connectivity index (χ0v) is 26.8. The zero-order valence-electron chi connectivity index (χ0n) is 26.0. The van der Waals surface area contributed by atoms with Gasteiger partial charge in [-0.25, -0.2) is 0 Å². The van der Waals surface area contributed by atoms with Crippen molar-refractivity contribution < 1.29 is 16.9 Å². The summed E-state index contributed by atoms with van der Waals surface area (Å²) in [6, 6.07) is 0. The van der Waals surface area contributed by atoms with Gasteiger partial charge in [-0.1, -0.05) is 180 Å². The van der Waals surface area contributed by atoms with Crippen molar-refractivity contribution in [2.75, 3.05) is 27.7 Å². The molecule has 0 aromatic carbocycles. The molecule has 36 heavy (non-hydrogen) atoms. The van der Waals surface area contributed by atoms with Crippen LogP contribution in [0, 0.1) is 0 Å². The fourth-order valence-corrected chi connectivity index (χ4v) is 5.43. The van der Waals surface area contributed by atoms with Crippen molar-refractivity contribution in [3.8, 4) is 0 Å². The van der Waals surface area contributed by atoms with Crippen molar-refractivity contribution in [2.45, 2.75) is 193 Å². The van der Waals surface area contributed by atoms with Crippen LogP contribution in [0.2, 0.25) is 0 Å². The topological polar surface area (TPSA) is 0 Å². The van der Waals surface area contributed by atoms with Gasteiger partial charge in [0.25, 0.3) is 0 Å². The van der Waals surface area contributed by atoms with Crippen LogP contribution in [0.3, 0.4) is 0 Å². The molecule has 0 atom stereocenters. The molecule has 0 fully saturated rings. The molecule has 0 saturated heterocycles. The lowest BCUT2D eigenvalue weighted by atomic mass is 10.0. The van der Waals surface area contributed by atoms with E-state index in [1.54, 1.807) is 0 Å². The molecule has 220 valence electrons. The Balaban J connectivity index is 0. The maximum atomic E-state index is 2.31. The summed E-state index contributed by atoms with van der Waals surface area (Å²) in [7, 11) is 6.92. The predicted octanol–water partition coefficient (Wildman–Crippen LogP) is 9.03. The van der Waals surface area contributed by atoms with Crippen molar-refractivity contribution in [3.63, 3.8) is 0 Å². The third-order valence-corrected chi connectivity index (χ3v) is 7.93. The fraction of sp³-hybridized carbons (Fsp3) is 1.00. The van der Waals surface area contributed by atoms with Crippen LogP contribution in [-0.4, -0.2) is 32.2 Å². The van der Waals surface area contributed by atoms with Gasteiger partial charge in [0.2, 0.25) is 0 Å². The molecule has 0 spiro atoms. The van der Waals surface area contributed by atoms with Gasteiger partial charge in [-0.3, -0.25) is 0 Å². The zero-order chi connectivity index (χ0) is 25.7. The summed E-state index contributed by atoms with van der Waals surface area (Å²) in [5.74, 6) is 0. The Morgan fingerprint density at radius 1 is 0.278 bits per heavy atom. The summed E-state index contributed by atoms with van der Waals surface area (Å²) < 4.78 is 1.12. The van der Waals surface area contributed by atoms with E-state index in [9.17, 15) is 0 Å². The van der Waals surface area contributed by atoms with Crippen molar-refractivity contribution in [2.24, 2.45) is 0 Å². The van der Waals surface area contributed by atoms with E-state index in [1.165, 1.54) is 193 Å². The molecule has 0 amide bonds. The molecule has 0 aliphatic rings.